The first-order valence-corrected chi connectivity index (χ1v) is 10.2. The molecule has 0 aromatic heterocycles. The maximum atomic E-state index is 12.0. The highest BCUT2D eigenvalue weighted by Gasteiger charge is 2.20. The number of halogens is 1. The number of benzene rings is 2. The van der Waals surface area contributed by atoms with Gasteiger partial charge in [-0.05, 0) is 30.5 Å². The molecule has 0 saturated carbocycles. The number of anilines is 1. The van der Waals surface area contributed by atoms with Crippen molar-refractivity contribution >= 4 is 41.5 Å². The van der Waals surface area contributed by atoms with Gasteiger partial charge < -0.3 is 20.4 Å². The van der Waals surface area contributed by atoms with E-state index < -0.39 is 0 Å². The van der Waals surface area contributed by atoms with E-state index in [1.54, 1.807) is 19.0 Å². The fraction of sp³-hybridized carbons (Fsp3) is 0.391. The van der Waals surface area contributed by atoms with E-state index in [9.17, 15) is 4.79 Å². The van der Waals surface area contributed by atoms with Crippen molar-refractivity contribution in [1.29, 1.82) is 0 Å². The van der Waals surface area contributed by atoms with Crippen molar-refractivity contribution in [2.24, 2.45) is 4.99 Å². The van der Waals surface area contributed by atoms with Gasteiger partial charge in [0.2, 0.25) is 5.91 Å². The molecule has 1 aliphatic heterocycles. The molecule has 1 amide bonds. The average Bonchev–Trinajstić information content (AvgIpc) is 2.77. The maximum Gasteiger partial charge on any atom is 0.241 e. The van der Waals surface area contributed by atoms with Gasteiger partial charge in [-0.2, -0.15) is 0 Å². The van der Waals surface area contributed by atoms with Crippen molar-refractivity contribution in [3.8, 4) is 0 Å². The second-order valence-electron chi connectivity index (χ2n) is 7.53. The molecule has 30 heavy (non-hydrogen) atoms. The van der Waals surface area contributed by atoms with Crippen molar-refractivity contribution in [1.82, 2.24) is 15.5 Å². The molecular weight excluding hydrogens is 489 g/mol. The molecule has 1 saturated heterocycles. The van der Waals surface area contributed by atoms with E-state index in [1.807, 2.05) is 24.3 Å². The van der Waals surface area contributed by atoms with Crippen LogP contribution in [0, 0.1) is 0 Å². The van der Waals surface area contributed by atoms with Crippen LogP contribution in [0.3, 0.4) is 0 Å². The largest absolute Gasteiger partial charge is 0.371 e. The second kappa shape index (κ2) is 12.4. The maximum absolute atomic E-state index is 12.0. The number of piperidine rings is 1. The van der Waals surface area contributed by atoms with E-state index in [0.717, 1.165) is 31.5 Å². The Labute approximate surface area is 196 Å². The lowest BCUT2D eigenvalue weighted by Gasteiger charge is -2.34. The van der Waals surface area contributed by atoms with E-state index in [1.165, 1.54) is 5.69 Å². The highest BCUT2D eigenvalue weighted by atomic mass is 127. The minimum absolute atomic E-state index is 0. The Kier molecular flexibility index (Phi) is 9.93. The van der Waals surface area contributed by atoms with E-state index in [-0.39, 0.29) is 36.4 Å². The Morgan fingerprint density at radius 2 is 1.63 bits per heavy atom. The smallest absolute Gasteiger partial charge is 0.241 e. The Bertz CT molecular complexity index is 790. The lowest BCUT2D eigenvalue weighted by Crippen LogP contribution is -2.50. The molecule has 6 nitrogen and oxygen atoms in total. The van der Waals surface area contributed by atoms with Gasteiger partial charge in [0.1, 0.15) is 0 Å². The van der Waals surface area contributed by atoms with Gasteiger partial charge in [0.15, 0.2) is 5.96 Å². The molecule has 2 aromatic rings. The minimum Gasteiger partial charge on any atom is -0.371 e. The number of carbonyl (C=O) groups excluding carboxylic acids is 1. The third kappa shape index (κ3) is 7.51. The van der Waals surface area contributed by atoms with Crippen molar-refractivity contribution in [2.75, 3.05) is 38.6 Å². The van der Waals surface area contributed by atoms with Crippen LogP contribution in [0.2, 0.25) is 0 Å². The zero-order valence-corrected chi connectivity index (χ0v) is 20.1. The summed E-state index contributed by atoms with van der Waals surface area (Å²) >= 11 is 0. The summed E-state index contributed by atoms with van der Waals surface area (Å²) in [6.07, 6.45) is 2.06. The number of amides is 1. The number of para-hydroxylation sites is 1. The fourth-order valence-electron chi connectivity index (χ4n) is 3.34. The van der Waals surface area contributed by atoms with Gasteiger partial charge in [-0.1, -0.05) is 48.5 Å². The first-order chi connectivity index (χ1) is 14.1. The topological polar surface area (TPSA) is 60.0 Å². The van der Waals surface area contributed by atoms with Gasteiger partial charge >= 0.3 is 0 Å². The lowest BCUT2D eigenvalue weighted by atomic mass is 10.0. The third-order valence-electron chi connectivity index (χ3n) is 5.13. The van der Waals surface area contributed by atoms with Crippen LogP contribution >= 0.6 is 24.0 Å². The molecule has 2 aromatic carbocycles. The normalized spacial score (nSPS) is 14.6. The van der Waals surface area contributed by atoms with Crippen LogP contribution in [0.25, 0.3) is 0 Å². The van der Waals surface area contributed by atoms with Gasteiger partial charge in [-0.25, -0.2) is 4.99 Å². The molecule has 0 radical (unpaired) electrons. The molecule has 0 spiro atoms. The summed E-state index contributed by atoms with van der Waals surface area (Å²) in [6.45, 7) is 2.82. The van der Waals surface area contributed by atoms with Crippen LogP contribution < -0.4 is 15.5 Å². The van der Waals surface area contributed by atoms with Gasteiger partial charge in [0.25, 0.3) is 0 Å². The molecule has 162 valence electrons. The second-order valence-corrected chi connectivity index (χ2v) is 7.53. The van der Waals surface area contributed by atoms with Gasteiger partial charge in [-0.15, -0.1) is 24.0 Å². The highest BCUT2D eigenvalue weighted by molar-refractivity contribution is 14.0. The monoisotopic (exact) mass is 521 g/mol. The molecule has 2 N–H and O–H groups in total. The van der Waals surface area contributed by atoms with Crippen molar-refractivity contribution in [3.05, 3.63) is 66.2 Å². The number of hydrogen-bond acceptors (Lipinski definition) is 3. The molecular formula is C23H32IN5O. The van der Waals surface area contributed by atoms with Crippen molar-refractivity contribution < 1.29 is 4.79 Å². The molecule has 3 rings (SSSR count). The Hall–Kier alpha value is -2.29. The van der Waals surface area contributed by atoms with E-state index in [2.05, 4.69) is 51.9 Å². The van der Waals surface area contributed by atoms with Crippen LogP contribution in [-0.2, 0) is 11.3 Å². The van der Waals surface area contributed by atoms with E-state index >= 15 is 0 Å². The van der Waals surface area contributed by atoms with Crippen LogP contribution in [-0.4, -0.2) is 56.5 Å². The molecule has 0 aliphatic carbocycles. The van der Waals surface area contributed by atoms with Crippen LogP contribution in [0.4, 0.5) is 5.69 Å². The third-order valence-corrected chi connectivity index (χ3v) is 5.13. The Morgan fingerprint density at radius 1 is 1.03 bits per heavy atom. The lowest BCUT2D eigenvalue weighted by molar-refractivity contribution is -0.127. The summed E-state index contributed by atoms with van der Waals surface area (Å²) in [6, 6.07) is 21.0. The van der Waals surface area contributed by atoms with Gasteiger partial charge in [0.05, 0.1) is 13.1 Å². The predicted molar refractivity (Wildman–Crippen MR) is 135 cm³/mol. The Balaban J connectivity index is 0.00000320. The highest BCUT2D eigenvalue weighted by Crippen LogP contribution is 2.19. The molecule has 1 fully saturated rings. The van der Waals surface area contributed by atoms with Crippen LogP contribution in [0.1, 0.15) is 18.4 Å². The van der Waals surface area contributed by atoms with Gasteiger partial charge in [0, 0.05) is 38.9 Å². The van der Waals surface area contributed by atoms with E-state index in [4.69, 9.17) is 4.99 Å². The average molecular weight is 521 g/mol. The molecule has 0 bridgehead atoms. The molecule has 0 unspecified atom stereocenters. The van der Waals surface area contributed by atoms with Crippen molar-refractivity contribution in [3.63, 3.8) is 0 Å². The number of aliphatic imine (C=N–C) groups is 1. The summed E-state index contributed by atoms with van der Waals surface area (Å²) in [5.74, 6) is 0.723. The van der Waals surface area contributed by atoms with Crippen LogP contribution in [0.5, 0.6) is 0 Å². The zero-order chi connectivity index (χ0) is 20.5. The summed E-state index contributed by atoms with van der Waals surface area (Å²) in [5.41, 5.74) is 2.42. The first-order valence-electron chi connectivity index (χ1n) is 10.2. The summed E-state index contributed by atoms with van der Waals surface area (Å²) in [5, 5.41) is 6.73. The number of carbonyl (C=O) groups is 1. The van der Waals surface area contributed by atoms with Crippen molar-refractivity contribution in [2.45, 2.75) is 25.4 Å². The summed E-state index contributed by atoms with van der Waals surface area (Å²) in [4.78, 5) is 20.7. The Morgan fingerprint density at radius 3 is 2.23 bits per heavy atom. The number of rotatable bonds is 6. The summed E-state index contributed by atoms with van der Waals surface area (Å²) < 4.78 is 0. The quantitative estimate of drug-likeness (QED) is 0.349. The number of guanidine groups is 1. The van der Waals surface area contributed by atoms with E-state index in [0.29, 0.717) is 18.5 Å². The number of likely N-dealkylation sites (N-methyl/N-ethyl adjacent to an activating group) is 1. The zero-order valence-electron chi connectivity index (χ0n) is 17.8. The number of nitrogens with zero attached hydrogens (tertiary/aromatic N) is 3. The predicted octanol–water partition coefficient (Wildman–Crippen LogP) is 3.10. The summed E-state index contributed by atoms with van der Waals surface area (Å²) in [7, 11) is 3.52. The fourth-order valence-corrected chi connectivity index (χ4v) is 3.34. The first kappa shape index (κ1) is 24.0. The number of hydrogen-bond donors (Lipinski definition) is 2. The van der Waals surface area contributed by atoms with Gasteiger partial charge in [-0.3, -0.25) is 4.79 Å². The minimum atomic E-state index is 0. The standard InChI is InChI=1S/C23H31N5O.HI/c1-27(2)22(29)18-25-23(24-17-19-9-5-3-6-10-19)26-20-13-15-28(16-14-20)21-11-7-4-8-12-21;/h3-12,20H,13-18H2,1-2H3,(H2,24,25,26);1H. The molecule has 7 heteroatoms. The molecule has 0 atom stereocenters. The molecule has 1 heterocycles. The number of nitrogens with one attached hydrogen (secondary N) is 2. The molecule has 1 aliphatic rings. The SMILES string of the molecule is CN(C)C(=O)CNC(=NCc1ccccc1)NC1CCN(c2ccccc2)CC1.I. The van der Waals surface area contributed by atoms with Crippen LogP contribution in [0.15, 0.2) is 65.7 Å².